The van der Waals surface area contributed by atoms with Crippen LogP contribution >= 0.6 is 0 Å². The maximum atomic E-state index is 4.26. The zero-order chi connectivity index (χ0) is 13.4. The third-order valence-electron chi connectivity index (χ3n) is 3.48. The Hall–Kier alpha value is -2.81. The first-order valence-electron chi connectivity index (χ1n) is 6.46. The maximum Gasteiger partial charge on any atom is 0.163 e. The van der Waals surface area contributed by atoms with Crippen molar-refractivity contribution in [2.24, 2.45) is 0 Å². The number of benzene rings is 3. The van der Waals surface area contributed by atoms with Crippen molar-refractivity contribution < 1.29 is 0 Å². The highest BCUT2D eigenvalue weighted by atomic mass is 15.0. The van der Waals surface area contributed by atoms with E-state index < -0.39 is 0 Å². The van der Waals surface area contributed by atoms with Gasteiger partial charge in [-0.15, -0.1) is 0 Å². The molecule has 1 aromatic heterocycles. The Kier molecular flexibility index (Phi) is 2.42. The van der Waals surface area contributed by atoms with Crippen molar-refractivity contribution >= 4 is 21.5 Å². The molecule has 0 bridgehead atoms. The number of fused-ring (bicyclic) bond motifs is 2. The van der Waals surface area contributed by atoms with E-state index in [1.54, 1.807) is 0 Å². The van der Waals surface area contributed by atoms with Crippen LogP contribution in [0.2, 0.25) is 0 Å². The Morgan fingerprint density at radius 2 is 1.35 bits per heavy atom. The Morgan fingerprint density at radius 3 is 2.15 bits per heavy atom. The molecule has 0 N–H and O–H groups in total. The molecule has 3 nitrogen and oxygen atoms in total. The predicted molar refractivity (Wildman–Crippen MR) is 80.3 cm³/mol. The summed E-state index contributed by atoms with van der Waals surface area (Å²) in [4.78, 5) is 12.4. The zero-order valence-electron chi connectivity index (χ0n) is 10.7. The van der Waals surface area contributed by atoms with Crippen LogP contribution in [0.5, 0.6) is 0 Å². The van der Waals surface area contributed by atoms with Crippen molar-refractivity contribution in [3.8, 4) is 11.4 Å². The molecular formula is C17H11N3. The van der Waals surface area contributed by atoms with E-state index in [4.69, 9.17) is 0 Å². The van der Waals surface area contributed by atoms with E-state index in [0.717, 1.165) is 10.9 Å². The molecular weight excluding hydrogens is 246 g/mol. The van der Waals surface area contributed by atoms with E-state index in [-0.39, 0.29) is 0 Å². The quantitative estimate of drug-likeness (QED) is 0.486. The van der Waals surface area contributed by atoms with E-state index in [1.165, 1.54) is 28.8 Å². The summed E-state index contributed by atoms with van der Waals surface area (Å²) >= 11 is 0. The normalized spacial score (nSPS) is 11.0. The molecule has 0 atom stereocenters. The molecule has 0 spiro atoms. The lowest BCUT2D eigenvalue weighted by molar-refractivity contribution is 1.06. The first-order chi connectivity index (χ1) is 9.92. The fraction of sp³-hybridized carbons (Fsp3) is 0. The molecule has 4 rings (SSSR count). The van der Waals surface area contributed by atoms with Gasteiger partial charge in [0.05, 0.1) is 0 Å². The third-order valence-corrected chi connectivity index (χ3v) is 3.48. The summed E-state index contributed by atoms with van der Waals surface area (Å²) in [7, 11) is 0. The molecule has 0 aliphatic heterocycles. The average molecular weight is 257 g/mol. The molecule has 20 heavy (non-hydrogen) atoms. The fourth-order valence-electron chi connectivity index (χ4n) is 2.54. The van der Waals surface area contributed by atoms with Gasteiger partial charge in [0.15, 0.2) is 5.82 Å². The fourth-order valence-corrected chi connectivity index (χ4v) is 2.54. The van der Waals surface area contributed by atoms with Gasteiger partial charge in [-0.25, -0.2) is 15.0 Å². The van der Waals surface area contributed by atoms with Gasteiger partial charge < -0.3 is 0 Å². The second-order valence-corrected chi connectivity index (χ2v) is 4.69. The van der Waals surface area contributed by atoms with Crippen LogP contribution in [0.25, 0.3) is 32.9 Å². The van der Waals surface area contributed by atoms with Gasteiger partial charge in [-0.2, -0.15) is 0 Å². The maximum absolute atomic E-state index is 4.26. The number of aromatic nitrogens is 3. The minimum Gasteiger partial charge on any atom is -0.225 e. The molecule has 0 unspecified atom stereocenters. The average Bonchev–Trinajstić information content (AvgIpc) is 2.53. The SMILES string of the molecule is c1ccc2cc3c(-c4ncncn4)cccc3cc2c1. The lowest BCUT2D eigenvalue weighted by atomic mass is 9.99. The number of nitrogens with zero attached hydrogens (tertiary/aromatic N) is 3. The number of hydrogen-bond donors (Lipinski definition) is 0. The van der Waals surface area contributed by atoms with E-state index in [0.29, 0.717) is 5.82 Å². The number of rotatable bonds is 1. The summed E-state index contributed by atoms with van der Waals surface area (Å²) in [6.45, 7) is 0. The molecule has 94 valence electrons. The molecule has 0 amide bonds. The highest BCUT2D eigenvalue weighted by Gasteiger charge is 2.06. The van der Waals surface area contributed by atoms with Gasteiger partial charge in [0.1, 0.15) is 12.7 Å². The molecule has 0 aliphatic carbocycles. The van der Waals surface area contributed by atoms with Crippen LogP contribution in [0.3, 0.4) is 0 Å². The second kappa shape index (κ2) is 4.38. The van der Waals surface area contributed by atoms with Gasteiger partial charge in [0.2, 0.25) is 0 Å². The molecule has 3 aromatic carbocycles. The van der Waals surface area contributed by atoms with Gasteiger partial charge in [-0.1, -0.05) is 42.5 Å². The van der Waals surface area contributed by atoms with Crippen molar-refractivity contribution in [3.05, 3.63) is 67.3 Å². The Balaban J connectivity index is 2.09. The molecule has 0 aliphatic rings. The lowest BCUT2D eigenvalue weighted by Crippen LogP contribution is -1.90. The van der Waals surface area contributed by atoms with Gasteiger partial charge in [0.25, 0.3) is 0 Å². The van der Waals surface area contributed by atoms with Crippen LogP contribution in [0, 0.1) is 0 Å². The summed E-state index contributed by atoms with van der Waals surface area (Å²) in [5.41, 5.74) is 1.04. The summed E-state index contributed by atoms with van der Waals surface area (Å²) in [5, 5.41) is 4.83. The third kappa shape index (κ3) is 1.72. The van der Waals surface area contributed by atoms with Crippen LogP contribution in [0.4, 0.5) is 0 Å². The van der Waals surface area contributed by atoms with E-state index in [1.807, 2.05) is 12.1 Å². The van der Waals surface area contributed by atoms with E-state index in [2.05, 4.69) is 57.4 Å². The van der Waals surface area contributed by atoms with Crippen LogP contribution in [0.1, 0.15) is 0 Å². The van der Waals surface area contributed by atoms with E-state index >= 15 is 0 Å². The minimum absolute atomic E-state index is 0.709. The first-order valence-corrected chi connectivity index (χ1v) is 6.46. The van der Waals surface area contributed by atoms with Crippen molar-refractivity contribution in [1.29, 1.82) is 0 Å². The summed E-state index contributed by atoms with van der Waals surface area (Å²) in [5.74, 6) is 0.709. The number of hydrogen-bond acceptors (Lipinski definition) is 3. The molecule has 4 aromatic rings. The predicted octanol–water partition coefficient (Wildman–Crippen LogP) is 3.85. The summed E-state index contributed by atoms with van der Waals surface area (Å²) in [6.07, 6.45) is 3.06. The van der Waals surface area contributed by atoms with Crippen molar-refractivity contribution in [2.45, 2.75) is 0 Å². The second-order valence-electron chi connectivity index (χ2n) is 4.69. The van der Waals surface area contributed by atoms with Crippen LogP contribution in [-0.4, -0.2) is 15.0 Å². The van der Waals surface area contributed by atoms with Crippen molar-refractivity contribution in [2.75, 3.05) is 0 Å². The monoisotopic (exact) mass is 257 g/mol. The van der Waals surface area contributed by atoms with Gasteiger partial charge in [0, 0.05) is 5.56 Å². The first kappa shape index (κ1) is 11.1. The smallest absolute Gasteiger partial charge is 0.163 e. The largest absolute Gasteiger partial charge is 0.225 e. The molecule has 0 fully saturated rings. The van der Waals surface area contributed by atoms with Crippen LogP contribution in [-0.2, 0) is 0 Å². The minimum atomic E-state index is 0.709. The zero-order valence-corrected chi connectivity index (χ0v) is 10.7. The molecule has 0 saturated carbocycles. The van der Waals surface area contributed by atoms with E-state index in [9.17, 15) is 0 Å². The lowest BCUT2D eigenvalue weighted by Gasteiger charge is -2.07. The van der Waals surface area contributed by atoms with Gasteiger partial charge in [-0.3, -0.25) is 0 Å². The Labute approximate surface area is 116 Å². The summed E-state index contributed by atoms with van der Waals surface area (Å²) in [6, 6.07) is 19.0. The Morgan fingerprint density at radius 1 is 0.650 bits per heavy atom. The molecule has 1 heterocycles. The summed E-state index contributed by atoms with van der Waals surface area (Å²) < 4.78 is 0. The Bertz CT molecular complexity index is 901. The molecule has 0 radical (unpaired) electrons. The van der Waals surface area contributed by atoms with Crippen LogP contribution < -0.4 is 0 Å². The highest BCUT2D eigenvalue weighted by Crippen LogP contribution is 2.29. The highest BCUT2D eigenvalue weighted by molar-refractivity contribution is 6.04. The van der Waals surface area contributed by atoms with Crippen molar-refractivity contribution in [3.63, 3.8) is 0 Å². The van der Waals surface area contributed by atoms with Gasteiger partial charge in [-0.05, 0) is 33.7 Å². The molecule has 0 saturated heterocycles. The van der Waals surface area contributed by atoms with Crippen molar-refractivity contribution in [1.82, 2.24) is 15.0 Å². The topological polar surface area (TPSA) is 38.7 Å². The molecule has 3 heteroatoms. The van der Waals surface area contributed by atoms with Gasteiger partial charge >= 0.3 is 0 Å². The van der Waals surface area contributed by atoms with Crippen LogP contribution in [0.15, 0.2) is 67.3 Å². The standard InChI is InChI=1S/C17H11N3/c1-2-5-13-9-16-14(8-12(13)4-1)6-3-7-15(16)17-19-10-18-11-20-17/h1-11H.